The molecule has 1 aromatic carbocycles. The van der Waals surface area contributed by atoms with Crippen molar-refractivity contribution in [1.29, 1.82) is 0 Å². The quantitative estimate of drug-likeness (QED) is 0.834. The summed E-state index contributed by atoms with van der Waals surface area (Å²) in [6, 6.07) is 3.76. The fourth-order valence-corrected chi connectivity index (χ4v) is 2.38. The van der Waals surface area contributed by atoms with Gasteiger partial charge >= 0.3 is 6.18 Å². The highest BCUT2D eigenvalue weighted by atomic mass is 19.4. The van der Waals surface area contributed by atoms with Crippen molar-refractivity contribution in [3.05, 3.63) is 23.3 Å². The number of benzene rings is 1. The minimum Gasteiger partial charge on any atom is -0.381 e. The van der Waals surface area contributed by atoms with Gasteiger partial charge in [-0.15, -0.1) is 0 Å². The van der Waals surface area contributed by atoms with Crippen molar-refractivity contribution in [3.63, 3.8) is 0 Å². The van der Waals surface area contributed by atoms with Gasteiger partial charge < -0.3 is 10.2 Å². The van der Waals surface area contributed by atoms with Crippen LogP contribution in [0.1, 0.15) is 25.0 Å². The molecular weight excluding hydrogens is 253 g/mol. The Morgan fingerprint density at radius 3 is 2.37 bits per heavy atom. The second kappa shape index (κ2) is 4.32. The Hall–Kier alpha value is -1.39. The van der Waals surface area contributed by atoms with E-state index < -0.39 is 18.3 Å². The van der Waals surface area contributed by atoms with E-state index in [4.69, 9.17) is 0 Å². The topological polar surface area (TPSA) is 15.3 Å². The number of alkyl halides is 3. The maximum absolute atomic E-state index is 12.8. The number of halogens is 3. The standard InChI is InChI=1S/C14H19F3N2/c1-9-5-11-12(6-10(9)2)19(8-14(15,16)17)13(3,4)7-18-11/h5-6,18H,7-8H2,1-4H3. The van der Waals surface area contributed by atoms with Crippen LogP contribution in [0.25, 0.3) is 0 Å². The van der Waals surface area contributed by atoms with Crippen molar-refractivity contribution in [2.75, 3.05) is 23.3 Å². The number of anilines is 2. The van der Waals surface area contributed by atoms with Gasteiger partial charge in [-0.25, -0.2) is 0 Å². The molecule has 1 heterocycles. The molecule has 1 aliphatic rings. The molecule has 106 valence electrons. The predicted molar refractivity (Wildman–Crippen MR) is 71.9 cm³/mol. The molecule has 0 saturated heterocycles. The second-order valence-electron chi connectivity index (χ2n) is 5.82. The number of nitrogens with zero attached hydrogens (tertiary/aromatic N) is 1. The average Bonchev–Trinajstić information content (AvgIpc) is 2.24. The lowest BCUT2D eigenvalue weighted by atomic mass is 9.95. The van der Waals surface area contributed by atoms with Crippen LogP contribution in [-0.4, -0.2) is 24.8 Å². The summed E-state index contributed by atoms with van der Waals surface area (Å²) in [6.45, 7) is 7.11. The van der Waals surface area contributed by atoms with E-state index >= 15 is 0 Å². The Morgan fingerprint density at radius 2 is 1.79 bits per heavy atom. The third-order valence-electron chi connectivity index (χ3n) is 3.68. The van der Waals surface area contributed by atoms with E-state index in [0.717, 1.165) is 16.8 Å². The molecule has 0 aromatic heterocycles. The molecule has 0 spiro atoms. The van der Waals surface area contributed by atoms with Crippen LogP contribution in [-0.2, 0) is 0 Å². The van der Waals surface area contributed by atoms with Crippen molar-refractivity contribution in [3.8, 4) is 0 Å². The van der Waals surface area contributed by atoms with Gasteiger partial charge in [0.2, 0.25) is 0 Å². The smallest absolute Gasteiger partial charge is 0.381 e. The molecule has 0 radical (unpaired) electrons. The van der Waals surface area contributed by atoms with Gasteiger partial charge in [0.25, 0.3) is 0 Å². The molecule has 0 saturated carbocycles. The minimum absolute atomic E-state index is 0.499. The summed E-state index contributed by atoms with van der Waals surface area (Å²) in [5, 5.41) is 3.23. The summed E-state index contributed by atoms with van der Waals surface area (Å²) in [6.07, 6.45) is -4.20. The van der Waals surface area contributed by atoms with Crippen molar-refractivity contribution in [2.24, 2.45) is 0 Å². The van der Waals surface area contributed by atoms with Crippen molar-refractivity contribution in [1.82, 2.24) is 0 Å². The molecule has 1 aliphatic heterocycles. The van der Waals surface area contributed by atoms with Crippen LogP contribution in [0.2, 0.25) is 0 Å². The summed E-state index contributed by atoms with van der Waals surface area (Å²) in [4.78, 5) is 1.45. The number of hydrogen-bond acceptors (Lipinski definition) is 2. The number of fused-ring (bicyclic) bond motifs is 1. The molecule has 0 bridgehead atoms. The van der Waals surface area contributed by atoms with Gasteiger partial charge in [0.15, 0.2) is 0 Å². The molecule has 1 N–H and O–H groups in total. The highest BCUT2D eigenvalue weighted by Gasteiger charge is 2.40. The predicted octanol–water partition coefficient (Wildman–Crippen LogP) is 3.88. The molecule has 0 fully saturated rings. The Kier molecular flexibility index (Phi) is 3.19. The van der Waals surface area contributed by atoms with E-state index in [0.29, 0.717) is 12.2 Å². The van der Waals surface area contributed by atoms with Crippen LogP contribution in [0.5, 0.6) is 0 Å². The lowest BCUT2D eigenvalue weighted by Crippen LogP contribution is -2.55. The van der Waals surface area contributed by atoms with Gasteiger partial charge in [0.1, 0.15) is 6.54 Å². The van der Waals surface area contributed by atoms with E-state index in [1.54, 1.807) is 0 Å². The SMILES string of the molecule is Cc1cc2c(cc1C)N(CC(F)(F)F)C(C)(C)CN2. The van der Waals surface area contributed by atoms with Gasteiger partial charge in [-0.1, -0.05) is 0 Å². The molecule has 0 unspecified atom stereocenters. The average molecular weight is 272 g/mol. The Labute approximate surface area is 111 Å². The van der Waals surface area contributed by atoms with Gasteiger partial charge in [-0.2, -0.15) is 13.2 Å². The number of rotatable bonds is 1. The number of nitrogens with one attached hydrogen (secondary N) is 1. The minimum atomic E-state index is -4.20. The highest BCUT2D eigenvalue weighted by Crippen LogP contribution is 2.39. The van der Waals surface area contributed by atoms with Crippen LogP contribution in [0.3, 0.4) is 0 Å². The summed E-state index contributed by atoms with van der Waals surface area (Å²) in [5.74, 6) is 0. The number of hydrogen-bond donors (Lipinski definition) is 1. The molecule has 2 rings (SSSR count). The lowest BCUT2D eigenvalue weighted by molar-refractivity contribution is -0.121. The first-order chi connectivity index (χ1) is 8.60. The van der Waals surface area contributed by atoms with Crippen molar-refractivity contribution < 1.29 is 13.2 Å². The lowest BCUT2D eigenvalue weighted by Gasteiger charge is -2.46. The zero-order valence-corrected chi connectivity index (χ0v) is 11.7. The van der Waals surface area contributed by atoms with Crippen LogP contribution < -0.4 is 10.2 Å². The zero-order chi connectivity index (χ0) is 14.4. The first kappa shape index (κ1) is 14.0. The fraction of sp³-hybridized carbons (Fsp3) is 0.571. The summed E-state index contributed by atoms with van der Waals surface area (Å²) in [5.41, 5.74) is 2.94. The molecular formula is C14H19F3N2. The van der Waals surface area contributed by atoms with E-state index in [9.17, 15) is 13.2 Å². The maximum atomic E-state index is 12.8. The summed E-state index contributed by atoms with van der Waals surface area (Å²) < 4.78 is 38.4. The molecule has 1 aromatic rings. The fourth-order valence-electron chi connectivity index (χ4n) is 2.38. The first-order valence-electron chi connectivity index (χ1n) is 6.30. The van der Waals surface area contributed by atoms with E-state index in [2.05, 4.69) is 5.32 Å². The monoisotopic (exact) mass is 272 g/mol. The third-order valence-corrected chi connectivity index (χ3v) is 3.68. The largest absolute Gasteiger partial charge is 0.405 e. The Balaban J connectivity index is 2.48. The van der Waals surface area contributed by atoms with Crippen molar-refractivity contribution >= 4 is 11.4 Å². The molecule has 2 nitrogen and oxygen atoms in total. The normalized spacial score (nSPS) is 17.9. The molecule has 0 aliphatic carbocycles. The summed E-state index contributed by atoms with van der Waals surface area (Å²) >= 11 is 0. The molecule has 0 amide bonds. The van der Waals surface area contributed by atoms with Crippen LogP contribution in [0, 0.1) is 13.8 Å². The van der Waals surface area contributed by atoms with Gasteiger partial charge in [-0.3, -0.25) is 0 Å². The van der Waals surface area contributed by atoms with Crippen molar-refractivity contribution in [2.45, 2.75) is 39.4 Å². The molecule has 19 heavy (non-hydrogen) atoms. The maximum Gasteiger partial charge on any atom is 0.405 e. The number of aryl methyl sites for hydroxylation is 2. The zero-order valence-electron chi connectivity index (χ0n) is 11.7. The van der Waals surface area contributed by atoms with E-state index in [-0.39, 0.29) is 0 Å². The van der Waals surface area contributed by atoms with Crippen LogP contribution in [0.15, 0.2) is 12.1 Å². The van der Waals surface area contributed by atoms with Crippen LogP contribution in [0.4, 0.5) is 24.5 Å². The van der Waals surface area contributed by atoms with Gasteiger partial charge in [0.05, 0.1) is 16.9 Å². The highest BCUT2D eigenvalue weighted by molar-refractivity contribution is 5.75. The van der Waals surface area contributed by atoms with E-state index in [1.807, 2.05) is 39.8 Å². The Morgan fingerprint density at radius 1 is 1.21 bits per heavy atom. The van der Waals surface area contributed by atoms with Crippen LogP contribution >= 0.6 is 0 Å². The summed E-state index contributed by atoms with van der Waals surface area (Å²) in [7, 11) is 0. The third kappa shape index (κ3) is 2.80. The first-order valence-corrected chi connectivity index (χ1v) is 6.30. The molecule has 5 heteroatoms. The molecule has 0 atom stereocenters. The van der Waals surface area contributed by atoms with Gasteiger partial charge in [0, 0.05) is 6.54 Å². The van der Waals surface area contributed by atoms with E-state index in [1.165, 1.54) is 4.90 Å². The van der Waals surface area contributed by atoms with Gasteiger partial charge in [-0.05, 0) is 51.0 Å². The Bertz CT molecular complexity index is 492. The second-order valence-corrected chi connectivity index (χ2v) is 5.82.